The zero-order valence-electron chi connectivity index (χ0n) is 10.3. The van der Waals surface area contributed by atoms with E-state index in [2.05, 4.69) is 24.8 Å². The van der Waals surface area contributed by atoms with Crippen molar-refractivity contribution >= 4 is 5.69 Å². The number of benzene rings is 1. The van der Waals surface area contributed by atoms with Gasteiger partial charge in [-0.15, -0.1) is 0 Å². The summed E-state index contributed by atoms with van der Waals surface area (Å²) in [4.78, 5) is 2.31. The van der Waals surface area contributed by atoms with Crippen molar-refractivity contribution in [1.29, 1.82) is 5.26 Å². The SMILES string of the molecule is CC1(C)CC(O)CCN1c1ccc(C#N)cc1. The van der Waals surface area contributed by atoms with Crippen molar-refractivity contribution in [3.8, 4) is 6.07 Å². The molecule has 0 bridgehead atoms. The topological polar surface area (TPSA) is 47.3 Å². The van der Waals surface area contributed by atoms with Crippen LogP contribution in [0.5, 0.6) is 0 Å². The predicted molar refractivity (Wildman–Crippen MR) is 67.8 cm³/mol. The maximum atomic E-state index is 9.72. The van der Waals surface area contributed by atoms with Crippen LogP contribution in [0.4, 0.5) is 5.69 Å². The van der Waals surface area contributed by atoms with Gasteiger partial charge in [-0.1, -0.05) is 0 Å². The second-order valence-electron chi connectivity index (χ2n) is 5.27. The summed E-state index contributed by atoms with van der Waals surface area (Å²) in [6, 6.07) is 9.78. The summed E-state index contributed by atoms with van der Waals surface area (Å²) in [5.41, 5.74) is 1.77. The van der Waals surface area contributed by atoms with Crippen LogP contribution < -0.4 is 4.90 Å². The van der Waals surface area contributed by atoms with Crippen LogP contribution >= 0.6 is 0 Å². The second-order valence-corrected chi connectivity index (χ2v) is 5.27. The minimum absolute atomic E-state index is 0.0359. The van der Waals surface area contributed by atoms with E-state index in [1.807, 2.05) is 24.3 Å². The van der Waals surface area contributed by atoms with Gasteiger partial charge in [-0.2, -0.15) is 5.26 Å². The van der Waals surface area contributed by atoms with Crippen molar-refractivity contribution in [2.75, 3.05) is 11.4 Å². The van der Waals surface area contributed by atoms with Gasteiger partial charge in [-0.25, -0.2) is 0 Å². The van der Waals surface area contributed by atoms with E-state index in [-0.39, 0.29) is 11.6 Å². The number of nitrogens with zero attached hydrogens (tertiary/aromatic N) is 2. The Kier molecular flexibility index (Phi) is 3.08. The average molecular weight is 230 g/mol. The molecule has 1 fully saturated rings. The third-order valence-electron chi connectivity index (χ3n) is 3.46. The number of hydrogen-bond acceptors (Lipinski definition) is 3. The molecule has 1 saturated heterocycles. The highest BCUT2D eigenvalue weighted by atomic mass is 16.3. The molecule has 1 aliphatic rings. The summed E-state index contributed by atoms with van der Waals surface area (Å²) in [6.07, 6.45) is 1.40. The largest absolute Gasteiger partial charge is 0.393 e. The first-order chi connectivity index (χ1) is 8.03. The van der Waals surface area contributed by atoms with Gasteiger partial charge < -0.3 is 10.0 Å². The van der Waals surface area contributed by atoms with Crippen molar-refractivity contribution in [2.24, 2.45) is 0 Å². The van der Waals surface area contributed by atoms with Crippen LogP contribution in [0.25, 0.3) is 0 Å². The molecule has 2 rings (SSSR count). The molecule has 0 amide bonds. The number of nitriles is 1. The van der Waals surface area contributed by atoms with Gasteiger partial charge in [0, 0.05) is 17.8 Å². The molecule has 1 atom stereocenters. The van der Waals surface area contributed by atoms with Crippen molar-refractivity contribution in [1.82, 2.24) is 0 Å². The standard InChI is InChI=1S/C14H18N2O/c1-14(2)9-13(17)7-8-16(14)12-5-3-11(10-15)4-6-12/h3-6,13,17H,7-9H2,1-2H3. The van der Waals surface area contributed by atoms with Crippen molar-refractivity contribution < 1.29 is 5.11 Å². The van der Waals surface area contributed by atoms with Crippen LogP contribution in [0, 0.1) is 11.3 Å². The van der Waals surface area contributed by atoms with E-state index in [1.54, 1.807) is 0 Å². The first kappa shape index (κ1) is 11.9. The van der Waals surface area contributed by atoms with E-state index in [9.17, 15) is 5.11 Å². The number of hydrogen-bond donors (Lipinski definition) is 1. The lowest BCUT2D eigenvalue weighted by Gasteiger charge is -2.46. The number of aliphatic hydroxyl groups is 1. The fourth-order valence-electron chi connectivity index (χ4n) is 2.56. The van der Waals surface area contributed by atoms with Gasteiger partial charge in [0.25, 0.3) is 0 Å². The molecule has 3 nitrogen and oxygen atoms in total. The van der Waals surface area contributed by atoms with Gasteiger partial charge in [0.15, 0.2) is 0 Å². The van der Waals surface area contributed by atoms with E-state index >= 15 is 0 Å². The van der Waals surface area contributed by atoms with Gasteiger partial charge in [0.2, 0.25) is 0 Å². The molecular formula is C14H18N2O. The molecule has 1 heterocycles. The number of rotatable bonds is 1. The number of anilines is 1. The molecule has 1 aromatic rings. The molecule has 0 radical (unpaired) electrons. The quantitative estimate of drug-likeness (QED) is 0.805. The Balaban J connectivity index is 2.24. The van der Waals surface area contributed by atoms with E-state index in [4.69, 9.17) is 5.26 Å². The number of aliphatic hydroxyl groups excluding tert-OH is 1. The molecular weight excluding hydrogens is 212 g/mol. The van der Waals surface area contributed by atoms with E-state index in [0.717, 1.165) is 25.1 Å². The third kappa shape index (κ3) is 2.42. The highest BCUT2D eigenvalue weighted by Gasteiger charge is 2.33. The van der Waals surface area contributed by atoms with Crippen molar-refractivity contribution in [2.45, 2.75) is 38.3 Å². The third-order valence-corrected chi connectivity index (χ3v) is 3.46. The monoisotopic (exact) mass is 230 g/mol. The Morgan fingerprint density at radius 2 is 2.00 bits per heavy atom. The summed E-state index contributed by atoms with van der Waals surface area (Å²) in [5.74, 6) is 0. The number of piperidine rings is 1. The smallest absolute Gasteiger partial charge is 0.0991 e. The fourth-order valence-corrected chi connectivity index (χ4v) is 2.56. The zero-order chi connectivity index (χ0) is 12.5. The molecule has 90 valence electrons. The Morgan fingerprint density at radius 3 is 2.53 bits per heavy atom. The van der Waals surface area contributed by atoms with Crippen LogP contribution in [-0.2, 0) is 0 Å². The highest BCUT2D eigenvalue weighted by Crippen LogP contribution is 2.32. The molecule has 0 aliphatic carbocycles. The van der Waals surface area contributed by atoms with Gasteiger partial charge in [-0.3, -0.25) is 0 Å². The molecule has 0 spiro atoms. The first-order valence-corrected chi connectivity index (χ1v) is 5.99. The van der Waals surface area contributed by atoms with Crippen LogP contribution in [0.3, 0.4) is 0 Å². The van der Waals surface area contributed by atoms with Crippen LogP contribution in [0.15, 0.2) is 24.3 Å². The van der Waals surface area contributed by atoms with Crippen molar-refractivity contribution in [3.05, 3.63) is 29.8 Å². The second kappa shape index (κ2) is 4.38. The van der Waals surface area contributed by atoms with Crippen LogP contribution in [-0.4, -0.2) is 23.3 Å². The fraction of sp³-hybridized carbons (Fsp3) is 0.500. The molecule has 1 aliphatic heterocycles. The minimum Gasteiger partial charge on any atom is -0.393 e. The summed E-state index contributed by atoms with van der Waals surface area (Å²) < 4.78 is 0. The highest BCUT2D eigenvalue weighted by molar-refractivity contribution is 5.52. The Morgan fingerprint density at radius 1 is 1.35 bits per heavy atom. The van der Waals surface area contributed by atoms with E-state index < -0.39 is 0 Å². The molecule has 1 N–H and O–H groups in total. The van der Waals surface area contributed by atoms with Crippen LogP contribution in [0.2, 0.25) is 0 Å². The normalized spacial score (nSPS) is 23.2. The maximum Gasteiger partial charge on any atom is 0.0991 e. The lowest BCUT2D eigenvalue weighted by molar-refractivity contribution is 0.107. The Labute approximate surface area is 102 Å². The Hall–Kier alpha value is -1.53. The van der Waals surface area contributed by atoms with E-state index in [1.165, 1.54) is 0 Å². The summed E-state index contributed by atoms with van der Waals surface area (Å²) in [7, 11) is 0. The average Bonchev–Trinajstić information content (AvgIpc) is 2.28. The molecule has 3 heteroatoms. The molecule has 1 aromatic carbocycles. The zero-order valence-corrected chi connectivity index (χ0v) is 10.3. The Bertz CT molecular complexity index is 431. The van der Waals surface area contributed by atoms with Gasteiger partial charge >= 0.3 is 0 Å². The lowest BCUT2D eigenvalue weighted by atomic mass is 9.88. The summed E-state index contributed by atoms with van der Waals surface area (Å²) >= 11 is 0. The van der Waals surface area contributed by atoms with Crippen LogP contribution in [0.1, 0.15) is 32.3 Å². The maximum absolute atomic E-state index is 9.72. The molecule has 0 saturated carbocycles. The molecule has 17 heavy (non-hydrogen) atoms. The minimum atomic E-state index is -0.195. The first-order valence-electron chi connectivity index (χ1n) is 5.99. The van der Waals surface area contributed by atoms with Gasteiger partial charge in [0.1, 0.15) is 0 Å². The lowest BCUT2D eigenvalue weighted by Crippen LogP contribution is -2.51. The van der Waals surface area contributed by atoms with E-state index in [0.29, 0.717) is 5.56 Å². The van der Waals surface area contributed by atoms with Gasteiger partial charge in [0.05, 0.1) is 17.7 Å². The summed E-state index contributed by atoms with van der Waals surface area (Å²) in [5, 5.41) is 18.5. The van der Waals surface area contributed by atoms with Gasteiger partial charge in [-0.05, 0) is 51.0 Å². The molecule has 1 unspecified atom stereocenters. The summed E-state index contributed by atoms with van der Waals surface area (Å²) in [6.45, 7) is 5.15. The molecule has 0 aromatic heterocycles. The van der Waals surface area contributed by atoms with Crippen molar-refractivity contribution in [3.63, 3.8) is 0 Å². The predicted octanol–water partition coefficient (Wildman–Crippen LogP) is 2.30.